The van der Waals surface area contributed by atoms with Gasteiger partial charge in [-0.15, -0.1) is 13.2 Å². The Hall–Kier alpha value is -0.290. The topological polar surface area (TPSA) is 21.3 Å². The zero-order valence-corrected chi connectivity index (χ0v) is 8.28. The normalized spacial score (nSPS) is 20.6. The van der Waals surface area contributed by atoms with Gasteiger partial charge in [0.2, 0.25) is 0 Å². The second-order valence-corrected chi connectivity index (χ2v) is 4.14. The molecule has 0 aromatic rings. The molecule has 0 atom stereocenters. The number of nitrogens with one attached hydrogen (secondary N) is 1. The quantitative estimate of drug-likeness (QED) is 0.704. The van der Waals surface area contributed by atoms with E-state index in [1.165, 1.54) is 19.3 Å². The van der Waals surface area contributed by atoms with Crippen LogP contribution in [0.3, 0.4) is 0 Å². The number of hydrogen-bond acceptors (Lipinski definition) is 2. The number of hydrogen-bond donors (Lipinski definition) is 1. The lowest BCUT2D eigenvalue weighted by Crippen LogP contribution is -2.38. The van der Waals surface area contributed by atoms with Crippen molar-refractivity contribution >= 4 is 0 Å². The van der Waals surface area contributed by atoms with Gasteiger partial charge in [-0.05, 0) is 18.3 Å². The van der Waals surface area contributed by atoms with Crippen LogP contribution >= 0.6 is 0 Å². The summed E-state index contributed by atoms with van der Waals surface area (Å²) in [7, 11) is 0. The summed E-state index contributed by atoms with van der Waals surface area (Å²) in [5.74, 6) is 0. The Balaban J connectivity index is 1.94. The van der Waals surface area contributed by atoms with E-state index >= 15 is 0 Å². The van der Waals surface area contributed by atoms with Crippen LogP contribution in [-0.2, 0) is 4.74 Å². The van der Waals surface area contributed by atoms with E-state index in [-0.39, 0.29) is 13.2 Å². The zero-order chi connectivity index (χ0) is 10.7. The van der Waals surface area contributed by atoms with Crippen molar-refractivity contribution in [3.05, 3.63) is 0 Å². The van der Waals surface area contributed by atoms with Gasteiger partial charge >= 0.3 is 6.36 Å². The Labute approximate surface area is 81.8 Å². The van der Waals surface area contributed by atoms with E-state index in [9.17, 15) is 13.2 Å². The van der Waals surface area contributed by atoms with Crippen molar-refractivity contribution in [1.82, 2.24) is 5.32 Å². The van der Waals surface area contributed by atoms with E-state index in [2.05, 4.69) is 17.0 Å². The van der Waals surface area contributed by atoms with Gasteiger partial charge in [0.15, 0.2) is 0 Å². The van der Waals surface area contributed by atoms with Crippen LogP contribution in [-0.4, -0.2) is 26.1 Å². The maximum Gasteiger partial charge on any atom is 0.522 e. The number of alkyl halides is 3. The maximum absolute atomic E-state index is 11.5. The lowest BCUT2D eigenvalue weighted by atomic mass is 9.70. The van der Waals surface area contributed by atoms with Gasteiger partial charge in [0.25, 0.3) is 0 Å². The first-order valence-electron chi connectivity index (χ1n) is 4.83. The Kier molecular flexibility index (Phi) is 3.78. The summed E-state index contributed by atoms with van der Waals surface area (Å²) >= 11 is 0. The summed E-state index contributed by atoms with van der Waals surface area (Å²) < 4.78 is 38.3. The van der Waals surface area contributed by atoms with Crippen molar-refractivity contribution in [2.75, 3.05) is 19.7 Å². The highest BCUT2D eigenvalue weighted by Gasteiger charge is 2.31. The van der Waals surface area contributed by atoms with Crippen LogP contribution in [0.5, 0.6) is 0 Å². The van der Waals surface area contributed by atoms with E-state index in [4.69, 9.17) is 0 Å². The van der Waals surface area contributed by atoms with E-state index in [1.807, 2.05) is 0 Å². The molecule has 0 saturated heterocycles. The summed E-state index contributed by atoms with van der Waals surface area (Å²) in [6.45, 7) is 2.89. The lowest BCUT2D eigenvalue weighted by Gasteiger charge is -2.38. The predicted molar refractivity (Wildman–Crippen MR) is 46.8 cm³/mol. The second kappa shape index (κ2) is 4.49. The molecule has 84 valence electrons. The molecule has 1 fully saturated rings. The van der Waals surface area contributed by atoms with Crippen LogP contribution in [0, 0.1) is 5.41 Å². The first-order chi connectivity index (χ1) is 6.41. The van der Waals surface area contributed by atoms with Crippen LogP contribution in [0.4, 0.5) is 13.2 Å². The lowest BCUT2D eigenvalue weighted by molar-refractivity contribution is -0.323. The third-order valence-electron chi connectivity index (χ3n) is 2.66. The fourth-order valence-corrected chi connectivity index (χ4v) is 1.59. The predicted octanol–water partition coefficient (Wildman–Crippen LogP) is 2.30. The number of ether oxygens (including phenoxy) is 1. The monoisotopic (exact) mass is 211 g/mol. The van der Waals surface area contributed by atoms with Crippen LogP contribution in [0.15, 0.2) is 0 Å². The smallest absolute Gasteiger partial charge is 0.314 e. The van der Waals surface area contributed by atoms with Gasteiger partial charge in [0.05, 0.1) is 6.61 Å². The van der Waals surface area contributed by atoms with Crippen molar-refractivity contribution in [3.63, 3.8) is 0 Å². The van der Waals surface area contributed by atoms with Crippen molar-refractivity contribution < 1.29 is 17.9 Å². The standard InChI is InChI=1S/C9H16F3NO/c1-8(3-2-4-8)7-13-5-6-14-9(10,11)12/h13H,2-7H2,1H3. The molecule has 1 rings (SSSR count). The molecular formula is C9H16F3NO. The molecule has 1 aliphatic carbocycles. The Morgan fingerprint density at radius 2 is 2.00 bits per heavy atom. The third kappa shape index (κ3) is 4.28. The van der Waals surface area contributed by atoms with Crippen molar-refractivity contribution in [2.45, 2.75) is 32.5 Å². The first kappa shape index (κ1) is 11.8. The largest absolute Gasteiger partial charge is 0.522 e. The highest BCUT2D eigenvalue weighted by atomic mass is 19.4. The van der Waals surface area contributed by atoms with E-state index in [0.29, 0.717) is 5.41 Å². The molecule has 0 aromatic carbocycles. The van der Waals surface area contributed by atoms with E-state index < -0.39 is 6.36 Å². The van der Waals surface area contributed by atoms with Crippen LogP contribution in [0.1, 0.15) is 26.2 Å². The summed E-state index contributed by atoms with van der Waals surface area (Å²) in [6, 6.07) is 0. The SMILES string of the molecule is CC1(CNCCOC(F)(F)F)CCC1. The van der Waals surface area contributed by atoms with Gasteiger partial charge < -0.3 is 5.32 Å². The Morgan fingerprint density at radius 1 is 1.36 bits per heavy atom. The fourth-order valence-electron chi connectivity index (χ4n) is 1.59. The second-order valence-electron chi connectivity index (χ2n) is 4.14. The minimum atomic E-state index is -4.50. The van der Waals surface area contributed by atoms with Crippen LogP contribution in [0.25, 0.3) is 0 Å². The van der Waals surface area contributed by atoms with E-state index in [1.54, 1.807) is 0 Å². The van der Waals surface area contributed by atoms with Crippen molar-refractivity contribution in [1.29, 1.82) is 0 Å². The highest BCUT2D eigenvalue weighted by molar-refractivity contribution is 4.84. The molecule has 0 aromatic heterocycles. The molecule has 0 unspecified atom stereocenters. The molecule has 1 N–H and O–H groups in total. The third-order valence-corrected chi connectivity index (χ3v) is 2.66. The summed E-state index contributed by atoms with van der Waals surface area (Å²) in [5.41, 5.74) is 0.304. The molecule has 5 heteroatoms. The molecular weight excluding hydrogens is 195 g/mol. The summed E-state index contributed by atoms with van der Waals surface area (Å²) in [5, 5.41) is 2.98. The Bertz CT molecular complexity index is 177. The van der Waals surface area contributed by atoms with Crippen molar-refractivity contribution in [3.8, 4) is 0 Å². The van der Waals surface area contributed by atoms with Crippen LogP contribution < -0.4 is 5.32 Å². The minimum absolute atomic E-state index is 0.259. The molecule has 0 spiro atoms. The zero-order valence-electron chi connectivity index (χ0n) is 8.28. The fraction of sp³-hybridized carbons (Fsp3) is 1.00. The van der Waals surface area contributed by atoms with Crippen LogP contribution in [0.2, 0.25) is 0 Å². The number of halogens is 3. The minimum Gasteiger partial charge on any atom is -0.314 e. The molecule has 0 radical (unpaired) electrons. The number of rotatable bonds is 5. The Morgan fingerprint density at radius 3 is 2.43 bits per heavy atom. The first-order valence-corrected chi connectivity index (χ1v) is 4.83. The molecule has 2 nitrogen and oxygen atoms in total. The summed E-state index contributed by atoms with van der Waals surface area (Å²) in [6.07, 6.45) is -0.931. The average Bonchev–Trinajstić information content (AvgIpc) is 1.98. The van der Waals surface area contributed by atoms with Gasteiger partial charge in [0, 0.05) is 13.1 Å². The highest BCUT2D eigenvalue weighted by Crippen LogP contribution is 2.39. The average molecular weight is 211 g/mol. The van der Waals surface area contributed by atoms with Gasteiger partial charge in [0.1, 0.15) is 0 Å². The molecule has 1 aliphatic rings. The summed E-state index contributed by atoms with van der Waals surface area (Å²) in [4.78, 5) is 0. The van der Waals surface area contributed by atoms with Crippen molar-refractivity contribution in [2.24, 2.45) is 5.41 Å². The van der Waals surface area contributed by atoms with Gasteiger partial charge in [-0.1, -0.05) is 13.3 Å². The molecule has 1 saturated carbocycles. The van der Waals surface area contributed by atoms with Gasteiger partial charge in [-0.3, -0.25) is 4.74 Å². The van der Waals surface area contributed by atoms with Gasteiger partial charge in [-0.2, -0.15) is 0 Å². The molecule has 0 bridgehead atoms. The molecule has 14 heavy (non-hydrogen) atoms. The maximum atomic E-state index is 11.5. The van der Waals surface area contributed by atoms with Gasteiger partial charge in [-0.25, -0.2) is 0 Å². The molecule has 0 aliphatic heterocycles. The van der Waals surface area contributed by atoms with E-state index in [0.717, 1.165) is 6.54 Å². The molecule has 0 heterocycles. The molecule has 0 amide bonds.